The second kappa shape index (κ2) is 7.73. The highest BCUT2D eigenvalue weighted by molar-refractivity contribution is 5.79. The Morgan fingerprint density at radius 1 is 1.43 bits per heavy atom. The Labute approximate surface area is 136 Å². The monoisotopic (exact) mass is 317 g/mol. The Kier molecular flexibility index (Phi) is 5.70. The van der Waals surface area contributed by atoms with E-state index in [1.807, 2.05) is 38.4 Å². The maximum atomic E-state index is 12.3. The maximum absolute atomic E-state index is 12.3. The van der Waals surface area contributed by atoms with Gasteiger partial charge in [-0.2, -0.15) is 5.10 Å². The lowest BCUT2D eigenvalue weighted by molar-refractivity contribution is -0.124. The molecule has 124 valence electrons. The van der Waals surface area contributed by atoms with Crippen LogP contribution < -0.4 is 10.1 Å². The van der Waals surface area contributed by atoms with Crippen LogP contribution in [0.1, 0.15) is 24.6 Å². The summed E-state index contributed by atoms with van der Waals surface area (Å²) in [6.45, 7) is 2.29. The van der Waals surface area contributed by atoms with Gasteiger partial charge in [0.25, 0.3) is 0 Å². The van der Waals surface area contributed by atoms with Gasteiger partial charge in [0.05, 0.1) is 13.2 Å². The molecule has 0 saturated heterocycles. The Bertz CT molecular complexity index is 627. The summed E-state index contributed by atoms with van der Waals surface area (Å²) in [6, 6.07) is 7.52. The number of carbonyl (C=O) groups is 1. The number of benzene rings is 1. The number of ether oxygens (including phenoxy) is 1. The fourth-order valence-corrected chi connectivity index (χ4v) is 2.33. The minimum absolute atomic E-state index is 0.0528. The van der Waals surface area contributed by atoms with E-state index in [9.17, 15) is 4.79 Å². The molecule has 0 aliphatic heterocycles. The van der Waals surface area contributed by atoms with Crippen molar-refractivity contribution >= 4 is 5.91 Å². The Balaban J connectivity index is 2.03. The molecule has 0 aliphatic carbocycles. The van der Waals surface area contributed by atoms with E-state index in [1.54, 1.807) is 14.0 Å². The van der Waals surface area contributed by atoms with Crippen molar-refractivity contribution in [2.24, 2.45) is 0 Å². The summed E-state index contributed by atoms with van der Waals surface area (Å²) in [5, 5.41) is 6.98. The van der Waals surface area contributed by atoms with Crippen LogP contribution >= 0.6 is 0 Å². The smallest absolute Gasteiger partial charge is 0.244 e. The molecular formula is C16H23N5O2. The number of likely N-dealkylation sites (N-methyl/N-ethyl adjacent to an activating group) is 1. The Morgan fingerprint density at radius 2 is 2.22 bits per heavy atom. The zero-order chi connectivity index (χ0) is 16.8. The topological polar surface area (TPSA) is 72.3 Å². The van der Waals surface area contributed by atoms with Crippen molar-refractivity contribution in [3.8, 4) is 5.75 Å². The van der Waals surface area contributed by atoms with E-state index in [4.69, 9.17) is 4.74 Å². The van der Waals surface area contributed by atoms with Crippen LogP contribution in [0.3, 0.4) is 0 Å². The van der Waals surface area contributed by atoms with Gasteiger partial charge in [-0.15, -0.1) is 0 Å². The van der Waals surface area contributed by atoms with Crippen molar-refractivity contribution < 1.29 is 9.53 Å². The van der Waals surface area contributed by atoms with Gasteiger partial charge in [0.1, 0.15) is 24.4 Å². The van der Waals surface area contributed by atoms with Gasteiger partial charge in [0.15, 0.2) is 0 Å². The summed E-state index contributed by atoms with van der Waals surface area (Å²) in [4.78, 5) is 18.2. The number of aromatic nitrogens is 3. The number of hydrogen-bond acceptors (Lipinski definition) is 5. The van der Waals surface area contributed by atoms with Crippen LogP contribution in [0.25, 0.3) is 0 Å². The minimum Gasteiger partial charge on any atom is -0.497 e. The first-order valence-corrected chi connectivity index (χ1v) is 7.45. The molecule has 0 unspecified atom stereocenters. The Morgan fingerprint density at radius 3 is 2.83 bits per heavy atom. The quantitative estimate of drug-likeness (QED) is 0.832. The third-order valence-corrected chi connectivity index (χ3v) is 3.78. The molecule has 2 atom stereocenters. The van der Waals surface area contributed by atoms with Crippen molar-refractivity contribution in [3.63, 3.8) is 0 Å². The van der Waals surface area contributed by atoms with Gasteiger partial charge in [0, 0.05) is 6.54 Å². The van der Waals surface area contributed by atoms with Crippen LogP contribution in [-0.4, -0.2) is 53.3 Å². The summed E-state index contributed by atoms with van der Waals surface area (Å²) in [7, 11) is 5.61. The van der Waals surface area contributed by atoms with Crippen LogP contribution in [0.15, 0.2) is 36.9 Å². The molecule has 1 amide bonds. The molecule has 2 aromatic rings. The standard InChI is InChI=1S/C16H23N5O2/c1-12(21-11-17-10-19-21)16(22)18-9-15(20(2)3)13-6-5-7-14(8-13)23-4/h5-8,10-12,15H,9H2,1-4H3,(H,18,22)/t12-,15+/m1/s1. The number of amides is 1. The molecule has 7 nitrogen and oxygen atoms in total. The third-order valence-electron chi connectivity index (χ3n) is 3.78. The molecule has 7 heteroatoms. The van der Waals surface area contributed by atoms with Crippen LogP contribution in [0.5, 0.6) is 5.75 Å². The van der Waals surface area contributed by atoms with Gasteiger partial charge in [0.2, 0.25) is 5.91 Å². The van der Waals surface area contributed by atoms with Crippen LogP contribution in [-0.2, 0) is 4.79 Å². The van der Waals surface area contributed by atoms with Gasteiger partial charge in [-0.25, -0.2) is 9.67 Å². The first kappa shape index (κ1) is 17.0. The highest BCUT2D eigenvalue weighted by Gasteiger charge is 2.19. The molecule has 1 aromatic carbocycles. The number of methoxy groups -OCH3 is 1. The predicted molar refractivity (Wildman–Crippen MR) is 87.2 cm³/mol. The molecule has 0 radical (unpaired) electrons. The van der Waals surface area contributed by atoms with E-state index in [1.165, 1.54) is 17.3 Å². The van der Waals surface area contributed by atoms with E-state index < -0.39 is 6.04 Å². The van der Waals surface area contributed by atoms with E-state index >= 15 is 0 Å². The van der Waals surface area contributed by atoms with Gasteiger partial charge in [-0.1, -0.05) is 12.1 Å². The zero-order valence-corrected chi connectivity index (χ0v) is 13.9. The lowest BCUT2D eigenvalue weighted by Gasteiger charge is -2.26. The van der Waals surface area contributed by atoms with Crippen LogP contribution in [0.2, 0.25) is 0 Å². The minimum atomic E-state index is -0.398. The van der Waals surface area contributed by atoms with Gasteiger partial charge >= 0.3 is 0 Å². The summed E-state index contributed by atoms with van der Waals surface area (Å²) < 4.78 is 6.81. The molecule has 0 saturated carbocycles. The number of nitrogens with zero attached hydrogens (tertiary/aromatic N) is 4. The molecule has 0 bridgehead atoms. The first-order valence-electron chi connectivity index (χ1n) is 7.45. The van der Waals surface area contributed by atoms with Crippen molar-refractivity contribution in [1.82, 2.24) is 25.0 Å². The van der Waals surface area contributed by atoms with E-state index in [2.05, 4.69) is 20.3 Å². The lowest BCUT2D eigenvalue weighted by atomic mass is 10.1. The molecular weight excluding hydrogens is 294 g/mol. The van der Waals surface area contributed by atoms with Crippen molar-refractivity contribution in [2.45, 2.75) is 19.0 Å². The molecule has 0 aliphatic rings. The van der Waals surface area contributed by atoms with E-state index in [0.717, 1.165) is 11.3 Å². The number of hydrogen-bond donors (Lipinski definition) is 1. The fraction of sp³-hybridized carbons (Fsp3) is 0.438. The fourth-order valence-electron chi connectivity index (χ4n) is 2.33. The second-order valence-corrected chi connectivity index (χ2v) is 5.55. The van der Waals surface area contributed by atoms with Gasteiger partial charge in [-0.05, 0) is 38.7 Å². The summed E-state index contributed by atoms with van der Waals surface area (Å²) in [5.41, 5.74) is 1.09. The molecule has 1 N–H and O–H groups in total. The van der Waals surface area contributed by atoms with Crippen LogP contribution in [0.4, 0.5) is 0 Å². The Hall–Kier alpha value is -2.41. The zero-order valence-electron chi connectivity index (χ0n) is 13.9. The number of carbonyl (C=O) groups excluding carboxylic acids is 1. The molecule has 0 spiro atoms. The van der Waals surface area contributed by atoms with Gasteiger partial charge in [-0.3, -0.25) is 4.79 Å². The van der Waals surface area contributed by atoms with Crippen LogP contribution in [0, 0.1) is 0 Å². The predicted octanol–water partition coefficient (Wildman–Crippen LogP) is 1.27. The number of rotatable bonds is 7. The molecule has 0 fully saturated rings. The van der Waals surface area contributed by atoms with E-state index in [0.29, 0.717) is 6.54 Å². The summed E-state index contributed by atoms with van der Waals surface area (Å²) >= 11 is 0. The third kappa shape index (κ3) is 4.29. The lowest BCUT2D eigenvalue weighted by Crippen LogP contribution is -2.37. The highest BCUT2D eigenvalue weighted by Crippen LogP contribution is 2.22. The largest absolute Gasteiger partial charge is 0.497 e. The summed E-state index contributed by atoms with van der Waals surface area (Å²) in [6.07, 6.45) is 2.96. The number of nitrogens with one attached hydrogen (secondary N) is 1. The molecule has 23 heavy (non-hydrogen) atoms. The normalized spacial score (nSPS) is 13.6. The highest BCUT2D eigenvalue weighted by atomic mass is 16.5. The SMILES string of the molecule is COc1cccc([C@H](CNC(=O)[C@@H](C)n2cncn2)N(C)C)c1. The maximum Gasteiger partial charge on any atom is 0.244 e. The molecule has 1 aromatic heterocycles. The second-order valence-electron chi connectivity index (χ2n) is 5.55. The summed E-state index contributed by atoms with van der Waals surface area (Å²) in [5.74, 6) is 0.710. The van der Waals surface area contributed by atoms with Crippen molar-refractivity contribution in [1.29, 1.82) is 0 Å². The van der Waals surface area contributed by atoms with E-state index in [-0.39, 0.29) is 11.9 Å². The van der Waals surface area contributed by atoms with Gasteiger partial charge < -0.3 is 15.0 Å². The average molecular weight is 317 g/mol. The van der Waals surface area contributed by atoms with Crippen molar-refractivity contribution in [3.05, 3.63) is 42.5 Å². The first-order chi connectivity index (χ1) is 11.0. The average Bonchev–Trinajstić information content (AvgIpc) is 3.08. The molecule has 1 heterocycles. The molecule has 2 rings (SSSR count). The van der Waals surface area contributed by atoms with Crippen molar-refractivity contribution in [2.75, 3.05) is 27.7 Å².